The molecule has 0 radical (unpaired) electrons. The molecule has 3 nitrogen and oxygen atoms in total. The van der Waals surface area contributed by atoms with E-state index in [2.05, 4.69) is 53.6 Å². The van der Waals surface area contributed by atoms with Gasteiger partial charge in [-0.1, -0.05) is 60.7 Å². The van der Waals surface area contributed by atoms with Crippen LogP contribution < -0.4 is 0 Å². The summed E-state index contributed by atoms with van der Waals surface area (Å²) in [5.41, 5.74) is 1.59. The Labute approximate surface area is 151 Å². The maximum Gasteiger partial charge on any atom is 0.173 e. The molecular weight excluding hydrogens is 308 g/mol. The zero-order valence-corrected chi connectivity index (χ0v) is 15.4. The minimum atomic E-state index is -1.07. The smallest absolute Gasteiger partial charge is 0.173 e. The van der Waals surface area contributed by atoms with Gasteiger partial charge < -0.3 is 5.11 Å². The van der Waals surface area contributed by atoms with Crippen molar-refractivity contribution in [2.45, 2.75) is 64.1 Å². The first-order valence-corrected chi connectivity index (χ1v) is 9.27. The zero-order valence-electron chi connectivity index (χ0n) is 15.4. The van der Waals surface area contributed by atoms with E-state index in [1.807, 2.05) is 24.3 Å². The van der Waals surface area contributed by atoms with Gasteiger partial charge in [-0.15, -0.1) is 0 Å². The van der Waals surface area contributed by atoms with E-state index in [9.17, 15) is 5.11 Å². The van der Waals surface area contributed by atoms with Crippen LogP contribution in [-0.4, -0.2) is 16.9 Å². The fraction of sp³-hybridized carbons (Fsp3) is 0.455. The van der Waals surface area contributed by atoms with Crippen LogP contribution in [0.3, 0.4) is 0 Å². The fourth-order valence-corrected chi connectivity index (χ4v) is 2.85. The Morgan fingerprint density at radius 1 is 0.880 bits per heavy atom. The predicted molar refractivity (Wildman–Crippen MR) is 104 cm³/mol. The van der Waals surface area contributed by atoms with Gasteiger partial charge >= 0.3 is 0 Å². The topological polar surface area (TPSA) is 45.0 Å². The number of hydrogen-bond donors (Lipinski definition) is 1. The normalized spacial score (nSPS) is 15.2. The highest BCUT2D eigenvalue weighted by Gasteiger charge is 2.19. The van der Waals surface area contributed by atoms with Crippen LogP contribution >= 0.6 is 0 Å². The lowest BCUT2D eigenvalue weighted by molar-refractivity contribution is 0.0489. The molecule has 0 aromatic heterocycles. The molecule has 0 aliphatic heterocycles. The summed E-state index contributed by atoms with van der Waals surface area (Å²) in [7, 11) is 0. The molecule has 2 aromatic carbocycles. The van der Waals surface area contributed by atoms with Crippen molar-refractivity contribution in [3.8, 4) is 0 Å². The van der Waals surface area contributed by atoms with Crippen molar-refractivity contribution in [2.24, 2.45) is 10.2 Å². The van der Waals surface area contributed by atoms with E-state index in [0.29, 0.717) is 6.42 Å². The standard InChI is InChI=1S/C22H30N2O/c1-19(11-9-16-20-12-5-3-6-13-20)23-24-22(2,25)18-10-17-21-14-7-4-8-15-21/h3-8,12-15,19,25H,9-11,16-18H2,1-2H3. The zero-order chi connectivity index (χ0) is 18.0. The molecular formula is C22H30N2O. The lowest BCUT2D eigenvalue weighted by Crippen LogP contribution is -2.21. The fourth-order valence-electron chi connectivity index (χ4n) is 2.85. The van der Waals surface area contributed by atoms with Crippen LogP contribution in [0.5, 0.6) is 0 Å². The van der Waals surface area contributed by atoms with Crippen molar-refractivity contribution >= 4 is 0 Å². The Morgan fingerprint density at radius 3 is 1.96 bits per heavy atom. The molecule has 0 bridgehead atoms. The average Bonchev–Trinajstić information content (AvgIpc) is 2.62. The van der Waals surface area contributed by atoms with Crippen LogP contribution in [0.1, 0.15) is 50.7 Å². The van der Waals surface area contributed by atoms with Crippen LogP contribution in [0.4, 0.5) is 0 Å². The highest BCUT2D eigenvalue weighted by molar-refractivity contribution is 5.15. The maximum absolute atomic E-state index is 10.4. The Balaban J connectivity index is 1.67. The first kappa shape index (κ1) is 19.3. The quantitative estimate of drug-likeness (QED) is 0.565. The molecule has 3 heteroatoms. The molecule has 1 N–H and O–H groups in total. The molecule has 0 saturated heterocycles. The van der Waals surface area contributed by atoms with Gasteiger partial charge in [-0.05, 0) is 63.5 Å². The van der Waals surface area contributed by atoms with E-state index < -0.39 is 5.72 Å². The Kier molecular flexibility index (Phi) is 7.80. The number of hydrogen-bond acceptors (Lipinski definition) is 3. The van der Waals surface area contributed by atoms with E-state index in [-0.39, 0.29) is 6.04 Å². The van der Waals surface area contributed by atoms with Crippen molar-refractivity contribution in [3.05, 3.63) is 71.8 Å². The summed E-state index contributed by atoms with van der Waals surface area (Å²) in [5.74, 6) is 0. The number of aliphatic hydroxyl groups is 1. The number of aryl methyl sites for hydroxylation is 2. The summed E-state index contributed by atoms with van der Waals surface area (Å²) in [5, 5.41) is 18.9. The molecule has 0 aliphatic carbocycles. The Morgan fingerprint density at radius 2 is 1.40 bits per heavy atom. The van der Waals surface area contributed by atoms with Crippen molar-refractivity contribution in [2.75, 3.05) is 0 Å². The molecule has 25 heavy (non-hydrogen) atoms. The molecule has 0 aliphatic rings. The minimum Gasteiger partial charge on any atom is -0.368 e. The van der Waals surface area contributed by atoms with Crippen LogP contribution in [0.25, 0.3) is 0 Å². The summed E-state index contributed by atoms with van der Waals surface area (Å²) in [6.45, 7) is 3.81. The van der Waals surface area contributed by atoms with Crippen LogP contribution in [-0.2, 0) is 12.8 Å². The second-order valence-electron chi connectivity index (χ2n) is 7.00. The lowest BCUT2D eigenvalue weighted by atomic mass is 10.0. The van der Waals surface area contributed by atoms with Gasteiger partial charge in [0.2, 0.25) is 0 Å². The number of azo groups is 1. The van der Waals surface area contributed by atoms with Gasteiger partial charge in [0.1, 0.15) is 0 Å². The molecule has 2 aromatic rings. The number of nitrogens with zero attached hydrogens (tertiary/aromatic N) is 2. The second-order valence-corrected chi connectivity index (χ2v) is 7.00. The first-order chi connectivity index (χ1) is 12.1. The first-order valence-electron chi connectivity index (χ1n) is 9.27. The molecule has 2 unspecified atom stereocenters. The number of benzene rings is 2. The summed E-state index contributed by atoms with van der Waals surface area (Å²) in [6, 6.07) is 21.0. The highest BCUT2D eigenvalue weighted by Crippen LogP contribution is 2.18. The molecule has 0 heterocycles. The second kappa shape index (κ2) is 10.1. The molecule has 134 valence electrons. The van der Waals surface area contributed by atoms with Crippen molar-refractivity contribution in [1.82, 2.24) is 0 Å². The van der Waals surface area contributed by atoms with Gasteiger partial charge in [0.25, 0.3) is 0 Å². The highest BCUT2D eigenvalue weighted by atomic mass is 16.3. The van der Waals surface area contributed by atoms with Gasteiger partial charge in [-0.25, -0.2) is 0 Å². The molecule has 2 rings (SSSR count). The third-order valence-electron chi connectivity index (χ3n) is 4.36. The average molecular weight is 338 g/mol. The molecule has 0 spiro atoms. The van der Waals surface area contributed by atoms with Gasteiger partial charge in [0, 0.05) is 0 Å². The van der Waals surface area contributed by atoms with E-state index in [4.69, 9.17) is 0 Å². The lowest BCUT2D eigenvalue weighted by Gasteiger charge is -2.17. The summed E-state index contributed by atoms with van der Waals surface area (Å²) in [6.07, 6.45) is 5.62. The summed E-state index contributed by atoms with van der Waals surface area (Å²) >= 11 is 0. The Bertz CT molecular complexity index is 623. The van der Waals surface area contributed by atoms with E-state index in [0.717, 1.165) is 32.1 Å². The molecule has 0 amide bonds. The monoisotopic (exact) mass is 338 g/mol. The largest absolute Gasteiger partial charge is 0.368 e. The van der Waals surface area contributed by atoms with Crippen LogP contribution in [0.2, 0.25) is 0 Å². The number of rotatable bonds is 10. The molecule has 2 atom stereocenters. The summed E-state index contributed by atoms with van der Waals surface area (Å²) in [4.78, 5) is 0. The van der Waals surface area contributed by atoms with E-state index >= 15 is 0 Å². The van der Waals surface area contributed by atoms with Gasteiger partial charge in [0.15, 0.2) is 5.72 Å². The van der Waals surface area contributed by atoms with E-state index in [1.165, 1.54) is 11.1 Å². The third kappa shape index (κ3) is 8.08. The Hall–Kier alpha value is -2.00. The van der Waals surface area contributed by atoms with Gasteiger partial charge in [0.05, 0.1) is 6.04 Å². The third-order valence-corrected chi connectivity index (χ3v) is 4.36. The summed E-state index contributed by atoms with van der Waals surface area (Å²) < 4.78 is 0. The van der Waals surface area contributed by atoms with Crippen LogP contribution in [0.15, 0.2) is 70.9 Å². The van der Waals surface area contributed by atoms with Crippen LogP contribution in [0, 0.1) is 0 Å². The maximum atomic E-state index is 10.4. The molecule has 0 fully saturated rings. The van der Waals surface area contributed by atoms with Crippen molar-refractivity contribution < 1.29 is 5.11 Å². The SMILES string of the molecule is CC(CCCc1ccccc1)N=NC(C)(O)CCCc1ccccc1. The van der Waals surface area contributed by atoms with Crippen molar-refractivity contribution in [1.29, 1.82) is 0 Å². The predicted octanol–water partition coefficient (Wildman–Crippen LogP) is 5.58. The van der Waals surface area contributed by atoms with Gasteiger partial charge in [-0.2, -0.15) is 10.2 Å². The minimum absolute atomic E-state index is 0.143. The van der Waals surface area contributed by atoms with Crippen molar-refractivity contribution in [3.63, 3.8) is 0 Å². The van der Waals surface area contributed by atoms with E-state index in [1.54, 1.807) is 6.92 Å². The molecule has 0 saturated carbocycles. The van der Waals surface area contributed by atoms with Gasteiger partial charge in [-0.3, -0.25) is 0 Å².